The topological polar surface area (TPSA) is 135 Å². The van der Waals surface area contributed by atoms with E-state index in [1.165, 1.54) is 0 Å². The molecule has 1 N–H and O–H groups in total. The van der Waals surface area contributed by atoms with Gasteiger partial charge in [-0.2, -0.15) is 5.26 Å². The molecule has 94 valence electrons. The Morgan fingerprint density at radius 2 is 2.26 bits per heavy atom. The first-order chi connectivity index (χ1) is 9.02. The molecule has 0 spiro atoms. The first-order valence-corrected chi connectivity index (χ1v) is 4.85. The number of hydrogen-bond donors (Lipinski definition) is 1. The third kappa shape index (κ3) is 2.22. The monoisotopic (exact) mass is 259 g/mol. The van der Waals surface area contributed by atoms with Gasteiger partial charge in [0.15, 0.2) is 5.69 Å². The summed E-state index contributed by atoms with van der Waals surface area (Å²) in [6.07, 6.45) is 3.36. The number of rotatable bonds is 3. The maximum absolute atomic E-state index is 10.9. The minimum absolute atomic E-state index is 0.0361. The van der Waals surface area contributed by atoms with Crippen LogP contribution in [-0.4, -0.2) is 30.5 Å². The third-order valence-corrected chi connectivity index (χ3v) is 2.22. The molecule has 0 aromatic carbocycles. The fourth-order valence-electron chi connectivity index (χ4n) is 1.39. The molecule has 0 fully saturated rings. The number of carboxylic acids is 1. The average molecular weight is 259 g/mol. The number of aromatic carboxylic acids is 1. The van der Waals surface area contributed by atoms with Crippen LogP contribution in [-0.2, 0) is 0 Å². The van der Waals surface area contributed by atoms with Gasteiger partial charge >= 0.3 is 11.7 Å². The van der Waals surface area contributed by atoms with E-state index in [2.05, 4.69) is 9.97 Å². The van der Waals surface area contributed by atoms with Crippen LogP contribution in [0.4, 0.5) is 5.69 Å². The van der Waals surface area contributed by atoms with Gasteiger partial charge in [-0.25, -0.2) is 14.8 Å². The molecule has 9 heteroatoms. The van der Waals surface area contributed by atoms with Gasteiger partial charge in [0.1, 0.15) is 12.4 Å². The largest absolute Gasteiger partial charge is 0.476 e. The predicted molar refractivity (Wildman–Crippen MR) is 59.7 cm³/mol. The molecule has 2 heterocycles. The Kier molecular flexibility index (Phi) is 2.91. The van der Waals surface area contributed by atoms with Crippen LogP contribution in [0.2, 0.25) is 0 Å². The quantitative estimate of drug-likeness (QED) is 0.634. The van der Waals surface area contributed by atoms with Crippen molar-refractivity contribution < 1.29 is 14.8 Å². The molecule has 0 aliphatic carbocycles. The van der Waals surface area contributed by atoms with Crippen LogP contribution in [0.5, 0.6) is 0 Å². The molecule has 2 aromatic rings. The van der Waals surface area contributed by atoms with Crippen LogP contribution in [0.15, 0.2) is 24.8 Å². The number of pyridine rings is 1. The second-order valence-electron chi connectivity index (χ2n) is 3.41. The molecule has 0 radical (unpaired) electrons. The number of carbonyl (C=O) groups is 1. The maximum Gasteiger partial charge on any atom is 0.356 e. The highest BCUT2D eigenvalue weighted by atomic mass is 16.6. The molecule has 2 rings (SSSR count). The Labute approximate surface area is 105 Å². The zero-order valence-electron chi connectivity index (χ0n) is 9.22. The summed E-state index contributed by atoms with van der Waals surface area (Å²) < 4.78 is 1.11. The van der Waals surface area contributed by atoms with E-state index in [0.29, 0.717) is 0 Å². The Hall–Kier alpha value is -3.28. The smallest absolute Gasteiger partial charge is 0.356 e. The predicted octanol–water partition coefficient (Wildman–Crippen LogP) is 0.745. The number of hydrogen-bond acceptors (Lipinski definition) is 6. The van der Waals surface area contributed by atoms with E-state index in [-0.39, 0.29) is 17.1 Å². The van der Waals surface area contributed by atoms with Crippen molar-refractivity contribution in [3.05, 3.63) is 46.2 Å². The van der Waals surface area contributed by atoms with Gasteiger partial charge in [-0.15, -0.1) is 0 Å². The van der Waals surface area contributed by atoms with Crippen molar-refractivity contribution in [2.45, 2.75) is 0 Å². The van der Waals surface area contributed by atoms with Gasteiger partial charge in [-0.1, -0.05) is 0 Å². The average Bonchev–Trinajstić information content (AvgIpc) is 2.87. The summed E-state index contributed by atoms with van der Waals surface area (Å²) >= 11 is 0. The number of nitro groups is 1. The molecule has 0 aliphatic heterocycles. The van der Waals surface area contributed by atoms with Crippen LogP contribution in [0.3, 0.4) is 0 Å². The number of imidazole rings is 1. The van der Waals surface area contributed by atoms with E-state index >= 15 is 0 Å². The standard InChI is InChI=1S/C10H5N5O4/c11-2-6-1-8(15(18)19)9(12-3-6)14-4-7(10(16)17)13-5-14/h1,3-5H,(H,16,17). The van der Waals surface area contributed by atoms with Crippen molar-refractivity contribution in [1.29, 1.82) is 5.26 Å². The van der Waals surface area contributed by atoms with Gasteiger partial charge in [-0.05, 0) is 0 Å². The van der Waals surface area contributed by atoms with E-state index in [1.54, 1.807) is 6.07 Å². The van der Waals surface area contributed by atoms with Crippen LogP contribution in [0, 0.1) is 21.4 Å². The summed E-state index contributed by atoms with van der Waals surface area (Å²) in [5.41, 5.74) is -0.636. The second-order valence-corrected chi connectivity index (χ2v) is 3.41. The fourth-order valence-corrected chi connectivity index (χ4v) is 1.39. The Morgan fingerprint density at radius 1 is 1.53 bits per heavy atom. The first kappa shape index (κ1) is 12.2. The molecule has 0 amide bonds. The third-order valence-electron chi connectivity index (χ3n) is 2.22. The van der Waals surface area contributed by atoms with E-state index in [1.807, 2.05) is 0 Å². The summed E-state index contributed by atoms with van der Waals surface area (Å²) in [5.74, 6) is -1.36. The van der Waals surface area contributed by atoms with E-state index in [9.17, 15) is 14.9 Å². The maximum atomic E-state index is 10.9. The molecule has 9 nitrogen and oxygen atoms in total. The van der Waals surface area contributed by atoms with Crippen molar-refractivity contribution in [3.63, 3.8) is 0 Å². The molecule has 19 heavy (non-hydrogen) atoms. The molecule has 0 atom stereocenters. The number of aromatic nitrogens is 3. The van der Waals surface area contributed by atoms with Gasteiger partial charge in [0, 0.05) is 18.5 Å². The minimum Gasteiger partial charge on any atom is -0.476 e. The lowest BCUT2D eigenvalue weighted by atomic mass is 10.3. The van der Waals surface area contributed by atoms with Crippen molar-refractivity contribution in [3.8, 4) is 11.9 Å². The second kappa shape index (κ2) is 4.53. The number of carboxylic acid groups (broad SMARTS) is 1. The molecule has 0 saturated heterocycles. The molecular formula is C10H5N5O4. The van der Waals surface area contributed by atoms with Crippen LogP contribution in [0.25, 0.3) is 5.82 Å². The van der Waals surface area contributed by atoms with Gasteiger partial charge < -0.3 is 5.11 Å². The van der Waals surface area contributed by atoms with Crippen LogP contribution in [0.1, 0.15) is 16.1 Å². The highest BCUT2D eigenvalue weighted by molar-refractivity contribution is 5.85. The molecule has 0 aliphatic rings. The van der Waals surface area contributed by atoms with Gasteiger partial charge in [-0.3, -0.25) is 14.7 Å². The molecular weight excluding hydrogens is 254 g/mol. The Morgan fingerprint density at radius 3 is 2.79 bits per heavy atom. The van der Waals surface area contributed by atoms with Gasteiger partial charge in [0.2, 0.25) is 5.82 Å². The lowest BCUT2D eigenvalue weighted by molar-refractivity contribution is -0.384. The normalized spacial score (nSPS) is 9.84. The van der Waals surface area contributed by atoms with Crippen molar-refractivity contribution in [1.82, 2.24) is 14.5 Å². The van der Waals surface area contributed by atoms with Crippen LogP contribution < -0.4 is 0 Å². The minimum atomic E-state index is -1.25. The van der Waals surface area contributed by atoms with E-state index in [4.69, 9.17) is 10.4 Å². The summed E-state index contributed by atoms with van der Waals surface area (Å²) in [5, 5.41) is 28.3. The molecule has 0 unspecified atom stereocenters. The van der Waals surface area contributed by atoms with E-state index < -0.39 is 16.6 Å². The summed E-state index contributed by atoms with van der Waals surface area (Å²) in [4.78, 5) is 28.2. The van der Waals surface area contributed by atoms with Gasteiger partial charge in [0.25, 0.3) is 0 Å². The summed E-state index contributed by atoms with van der Waals surface area (Å²) in [6.45, 7) is 0. The van der Waals surface area contributed by atoms with Crippen molar-refractivity contribution >= 4 is 11.7 Å². The highest BCUT2D eigenvalue weighted by Crippen LogP contribution is 2.21. The number of nitriles is 1. The highest BCUT2D eigenvalue weighted by Gasteiger charge is 2.19. The zero-order chi connectivity index (χ0) is 14.0. The lowest BCUT2D eigenvalue weighted by Crippen LogP contribution is -2.02. The van der Waals surface area contributed by atoms with E-state index in [0.717, 1.165) is 29.4 Å². The lowest BCUT2D eigenvalue weighted by Gasteiger charge is -2.01. The van der Waals surface area contributed by atoms with Gasteiger partial charge in [0.05, 0.1) is 10.5 Å². The Balaban J connectivity index is 2.58. The fraction of sp³-hybridized carbons (Fsp3) is 0. The van der Waals surface area contributed by atoms with Crippen LogP contribution >= 0.6 is 0 Å². The van der Waals surface area contributed by atoms with Crippen molar-refractivity contribution in [2.24, 2.45) is 0 Å². The molecule has 2 aromatic heterocycles. The SMILES string of the molecule is N#Cc1cnc(-n2cnc(C(=O)O)c2)c([N+](=O)[O-])c1. The zero-order valence-corrected chi connectivity index (χ0v) is 9.22. The number of nitrogens with zero attached hydrogens (tertiary/aromatic N) is 5. The molecule has 0 bridgehead atoms. The summed E-state index contributed by atoms with van der Waals surface area (Å²) in [6, 6.07) is 2.80. The van der Waals surface area contributed by atoms with Crippen molar-refractivity contribution in [2.75, 3.05) is 0 Å². The molecule has 0 saturated carbocycles. The Bertz CT molecular complexity index is 715. The summed E-state index contributed by atoms with van der Waals surface area (Å²) in [7, 11) is 0. The first-order valence-electron chi connectivity index (χ1n) is 4.85.